The van der Waals surface area contributed by atoms with E-state index < -0.39 is 11.2 Å². The highest BCUT2D eigenvalue weighted by Gasteiger charge is 2.18. The van der Waals surface area contributed by atoms with E-state index in [-0.39, 0.29) is 32.3 Å². The van der Waals surface area contributed by atoms with E-state index in [1.54, 1.807) is 22.8 Å². The van der Waals surface area contributed by atoms with Crippen molar-refractivity contribution in [2.45, 2.75) is 40.4 Å². The Labute approximate surface area is 219 Å². The summed E-state index contributed by atoms with van der Waals surface area (Å²) >= 11 is 0. The largest absolute Gasteiger partial charge is 0.454 e. The monoisotopic (exact) mass is 511 g/mol. The van der Waals surface area contributed by atoms with E-state index in [9.17, 15) is 14.4 Å². The second-order valence-electron chi connectivity index (χ2n) is 9.55. The molecule has 4 aromatic rings. The van der Waals surface area contributed by atoms with Crippen LogP contribution in [0, 0.1) is 20.8 Å². The number of benzene rings is 3. The number of hydrogen-bond donors (Lipinski definition) is 1. The fourth-order valence-electron chi connectivity index (χ4n) is 4.95. The van der Waals surface area contributed by atoms with Crippen LogP contribution in [-0.4, -0.2) is 21.8 Å². The van der Waals surface area contributed by atoms with Crippen molar-refractivity contribution < 1.29 is 14.3 Å². The summed E-state index contributed by atoms with van der Waals surface area (Å²) in [5.74, 6) is 0.999. The van der Waals surface area contributed by atoms with E-state index in [1.807, 2.05) is 39.0 Å². The van der Waals surface area contributed by atoms with Crippen molar-refractivity contribution in [3.05, 3.63) is 115 Å². The van der Waals surface area contributed by atoms with Gasteiger partial charge in [-0.05, 0) is 73.4 Å². The van der Waals surface area contributed by atoms with Crippen LogP contribution in [-0.2, 0) is 19.6 Å². The molecule has 0 spiro atoms. The van der Waals surface area contributed by atoms with Crippen molar-refractivity contribution in [2.75, 3.05) is 6.79 Å². The topological polar surface area (TPSA) is 91.6 Å². The lowest BCUT2D eigenvalue weighted by molar-refractivity contribution is 0.0951. The highest BCUT2D eigenvalue weighted by atomic mass is 16.7. The smallest absolute Gasteiger partial charge is 0.332 e. The molecule has 1 aliphatic rings. The standard InChI is InChI=1S/C30H29N3O5/c1-5-10-32-29(35)23-8-7-22(28(34)31-15-21-6-9-26-27(13-21)38-17-37-26)14-25(23)33(30(32)36)16-24-19(3)11-18(2)12-20(24)4/h5-9,11-14H,1,10,15-17H2,2-4H3,(H,31,34). The molecule has 1 aliphatic heterocycles. The number of allylic oxidation sites excluding steroid dienone is 1. The summed E-state index contributed by atoms with van der Waals surface area (Å²) in [4.78, 5) is 39.8. The van der Waals surface area contributed by atoms with E-state index in [1.165, 1.54) is 10.6 Å². The zero-order valence-electron chi connectivity index (χ0n) is 21.7. The summed E-state index contributed by atoms with van der Waals surface area (Å²) in [6, 6.07) is 14.5. The third kappa shape index (κ3) is 4.61. The Morgan fingerprint density at radius 3 is 2.45 bits per heavy atom. The van der Waals surface area contributed by atoms with Crippen LogP contribution in [0.5, 0.6) is 11.5 Å². The minimum absolute atomic E-state index is 0.0945. The first-order chi connectivity index (χ1) is 18.3. The second-order valence-corrected chi connectivity index (χ2v) is 9.55. The number of fused-ring (bicyclic) bond motifs is 2. The number of carbonyl (C=O) groups is 1. The van der Waals surface area contributed by atoms with Crippen molar-refractivity contribution in [1.82, 2.24) is 14.5 Å². The summed E-state index contributed by atoms with van der Waals surface area (Å²) in [5.41, 5.74) is 5.02. The summed E-state index contributed by atoms with van der Waals surface area (Å²) in [7, 11) is 0. The molecule has 0 radical (unpaired) electrons. The van der Waals surface area contributed by atoms with Crippen LogP contribution in [0.25, 0.3) is 10.9 Å². The molecule has 38 heavy (non-hydrogen) atoms. The van der Waals surface area contributed by atoms with Gasteiger partial charge in [0.25, 0.3) is 11.5 Å². The van der Waals surface area contributed by atoms with Gasteiger partial charge in [0, 0.05) is 18.7 Å². The number of aryl methyl sites for hydroxylation is 3. The number of carbonyl (C=O) groups excluding carboxylic acids is 1. The van der Waals surface area contributed by atoms with Crippen molar-refractivity contribution in [3.63, 3.8) is 0 Å². The predicted octanol–water partition coefficient (Wildman–Crippen LogP) is 3.98. The third-order valence-corrected chi connectivity index (χ3v) is 6.85. The summed E-state index contributed by atoms with van der Waals surface area (Å²) < 4.78 is 13.5. The summed E-state index contributed by atoms with van der Waals surface area (Å²) in [6.45, 7) is 10.6. The molecule has 1 N–H and O–H groups in total. The summed E-state index contributed by atoms with van der Waals surface area (Å²) in [5, 5.41) is 3.27. The van der Waals surface area contributed by atoms with E-state index in [4.69, 9.17) is 9.47 Å². The molecular weight excluding hydrogens is 482 g/mol. The van der Waals surface area contributed by atoms with E-state index in [0.717, 1.165) is 27.8 Å². The Balaban J connectivity index is 1.54. The number of nitrogens with zero attached hydrogens (tertiary/aromatic N) is 2. The first-order valence-electron chi connectivity index (χ1n) is 12.4. The Hall–Kier alpha value is -4.59. The lowest BCUT2D eigenvalue weighted by Crippen LogP contribution is -2.40. The minimum Gasteiger partial charge on any atom is -0.454 e. The number of aromatic nitrogens is 2. The van der Waals surface area contributed by atoms with Crippen LogP contribution < -0.4 is 26.0 Å². The molecular formula is C30H29N3O5. The fraction of sp³-hybridized carbons (Fsp3) is 0.233. The average molecular weight is 512 g/mol. The van der Waals surface area contributed by atoms with Gasteiger partial charge in [-0.25, -0.2) is 4.79 Å². The molecule has 1 amide bonds. The van der Waals surface area contributed by atoms with Gasteiger partial charge < -0.3 is 14.8 Å². The van der Waals surface area contributed by atoms with E-state index in [2.05, 4.69) is 24.0 Å². The van der Waals surface area contributed by atoms with Crippen molar-refractivity contribution in [3.8, 4) is 11.5 Å². The van der Waals surface area contributed by atoms with Gasteiger partial charge in [0.2, 0.25) is 6.79 Å². The van der Waals surface area contributed by atoms with Gasteiger partial charge >= 0.3 is 5.69 Å². The normalized spacial score (nSPS) is 12.1. The molecule has 8 heteroatoms. The molecule has 1 aromatic heterocycles. The third-order valence-electron chi connectivity index (χ3n) is 6.85. The highest BCUT2D eigenvalue weighted by molar-refractivity contribution is 5.97. The zero-order valence-corrected chi connectivity index (χ0v) is 21.7. The lowest BCUT2D eigenvalue weighted by Gasteiger charge is -2.17. The second kappa shape index (κ2) is 10.0. The van der Waals surface area contributed by atoms with Gasteiger partial charge in [-0.15, -0.1) is 6.58 Å². The SMILES string of the molecule is C=CCn1c(=O)c2ccc(C(=O)NCc3ccc4c(c3)OCO4)cc2n(Cc2c(C)cc(C)cc2C)c1=O. The molecule has 2 heterocycles. The molecule has 0 saturated heterocycles. The molecule has 0 fully saturated rings. The van der Waals surface area contributed by atoms with Crippen LogP contribution in [0.4, 0.5) is 0 Å². The summed E-state index contributed by atoms with van der Waals surface area (Å²) in [6.07, 6.45) is 1.53. The molecule has 194 valence electrons. The van der Waals surface area contributed by atoms with Crippen LogP contribution in [0.1, 0.15) is 38.2 Å². The minimum atomic E-state index is -0.445. The fourth-order valence-corrected chi connectivity index (χ4v) is 4.95. The van der Waals surface area contributed by atoms with Crippen molar-refractivity contribution in [1.29, 1.82) is 0 Å². The van der Waals surface area contributed by atoms with Crippen molar-refractivity contribution >= 4 is 16.8 Å². The van der Waals surface area contributed by atoms with Gasteiger partial charge in [-0.1, -0.05) is 29.8 Å². The zero-order chi connectivity index (χ0) is 27.0. The maximum atomic E-state index is 13.5. The Bertz CT molecular complexity index is 1690. The molecule has 0 bridgehead atoms. The Morgan fingerprint density at radius 2 is 1.71 bits per heavy atom. The lowest BCUT2D eigenvalue weighted by atomic mass is 9.99. The van der Waals surface area contributed by atoms with Gasteiger partial charge in [0.15, 0.2) is 11.5 Å². The highest BCUT2D eigenvalue weighted by Crippen LogP contribution is 2.32. The number of ether oxygens (including phenoxy) is 2. The molecule has 0 saturated carbocycles. The van der Waals surface area contributed by atoms with Crippen LogP contribution in [0.2, 0.25) is 0 Å². The van der Waals surface area contributed by atoms with Crippen LogP contribution >= 0.6 is 0 Å². The number of amides is 1. The average Bonchev–Trinajstić information content (AvgIpc) is 3.36. The molecule has 0 unspecified atom stereocenters. The Morgan fingerprint density at radius 1 is 0.974 bits per heavy atom. The number of nitrogens with one attached hydrogen (secondary N) is 1. The maximum Gasteiger partial charge on any atom is 0.332 e. The molecule has 8 nitrogen and oxygen atoms in total. The van der Waals surface area contributed by atoms with E-state index in [0.29, 0.717) is 28.0 Å². The quantitative estimate of drug-likeness (QED) is 0.379. The van der Waals surface area contributed by atoms with Gasteiger partial charge in [-0.3, -0.25) is 18.7 Å². The maximum absolute atomic E-state index is 13.5. The molecule has 0 aliphatic carbocycles. The molecule has 5 rings (SSSR count). The Kier molecular flexibility index (Phi) is 6.63. The predicted molar refractivity (Wildman–Crippen MR) is 146 cm³/mol. The van der Waals surface area contributed by atoms with Crippen molar-refractivity contribution in [2.24, 2.45) is 0 Å². The van der Waals surface area contributed by atoms with Gasteiger partial charge in [0.05, 0.1) is 17.4 Å². The van der Waals surface area contributed by atoms with Crippen LogP contribution in [0.15, 0.2) is 70.8 Å². The molecule has 0 atom stereocenters. The van der Waals surface area contributed by atoms with E-state index >= 15 is 0 Å². The van der Waals surface area contributed by atoms with Gasteiger partial charge in [0.1, 0.15) is 0 Å². The number of hydrogen-bond acceptors (Lipinski definition) is 5. The van der Waals surface area contributed by atoms with Gasteiger partial charge in [-0.2, -0.15) is 0 Å². The number of rotatable bonds is 7. The van der Waals surface area contributed by atoms with Crippen LogP contribution in [0.3, 0.4) is 0 Å². The first-order valence-corrected chi connectivity index (χ1v) is 12.4. The first kappa shape index (κ1) is 25.1. The molecule has 3 aromatic carbocycles.